The van der Waals surface area contributed by atoms with Crippen molar-refractivity contribution in [1.82, 2.24) is 0 Å². The Morgan fingerprint density at radius 1 is 1.00 bits per heavy atom. The number of aryl methyl sites for hydroxylation is 1. The van der Waals surface area contributed by atoms with E-state index in [1.165, 1.54) is 5.56 Å². The number of carboxylic acids is 1. The van der Waals surface area contributed by atoms with Crippen molar-refractivity contribution in [3.63, 3.8) is 0 Å². The number of hydrogen-bond acceptors (Lipinski definition) is 1. The van der Waals surface area contributed by atoms with Crippen LogP contribution in [0.3, 0.4) is 0 Å². The van der Waals surface area contributed by atoms with Crippen LogP contribution < -0.4 is 0 Å². The van der Waals surface area contributed by atoms with Gasteiger partial charge in [-0.25, -0.2) is 4.79 Å². The van der Waals surface area contributed by atoms with E-state index in [1.54, 1.807) is 12.1 Å². The molecule has 96 valence electrons. The summed E-state index contributed by atoms with van der Waals surface area (Å²) in [4.78, 5) is 10.7. The predicted molar refractivity (Wildman–Crippen MR) is 77.2 cm³/mol. The predicted octanol–water partition coefficient (Wildman–Crippen LogP) is 4.03. The Hall–Kier alpha value is -2.35. The van der Waals surface area contributed by atoms with Crippen LogP contribution in [0.4, 0.5) is 0 Å². The summed E-state index contributed by atoms with van der Waals surface area (Å²) in [5, 5.41) is 8.80. The van der Waals surface area contributed by atoms with Crippen molar-refractivity contribution in [2.75, 3.05) is 0 Å². The molecule has 2 aromatic carbocycles. The molecule has 0 aromatic heterocycles. The maximum atomic E-state index is 10.7. The fourth-order valence-electron chi connectivity index (χ4n) is 1.85. The lowest BCUT2D eigenvalue weighted by Crippen LogP contribution is -1.95. The molecule has 0 atom stereocenters. The minimum absolute atomic E-state index is 0.337. The number of carbonyl (C=O) groups is 1. The molecule has 0 fully saturated rings. The number of rotatable bonds is 5. The van der Waals surface area contributed by atoms with Crippen LogP contribution in [0.15, 0.2) is 60.7 Å². The molecule has 1 N–H and O–H groups in total. The summed E-state index contributed by atoms with van der Waals surface area (Å²) in [6.45, 7) is 0. The molecule has 0 spiro atoms. The first-order chi connectivity index (χ1) is 9.25. The Bertz CT molecular complexity index is 554. The molecule has 0 saturated heterocycles. The Morgan fingerprint density at radius 2 is 1.68 bits per heavy atom. The highest BCUT2D eigenvalue weighted by atomic mass is 16.4. The third-order valence-electron chi connectivity index (χ3n) is 2.91. The zero-order chi connectivity index (χ0) is 13.5. The molecule has 0 radical (unpaired) electrons. The fourth-order valence-corrected chi connectivity index (χ4v) is 1.85. The molecule has 0 unspecified atom stereocenters. The standard InChI is InChI=1S/C17H16O2/c18-17(19)16-12-10-15(11-13-16)9-5-4-8-14-6-2-1-3-7-14/h1-4,6-8,10-13H,5,9H2,(H,18,19)/b8-4+. The maximum absolute atomic E-state index is 10.7. The van der Waals surface area contributed by atoms with Gasteiger partial charge < -0.3 is 5.11 Å². The van der Waals surface area contributed by atoms with Gasteiger partial charge in [-0.05, 0) is 36.1 Å². The smallest absolute Gasteiger partial charge is 0.335 e. The van der Waals surface area contributed by atoms with Crippen molar-refractivity contribution < 1.29 is 9.90 Å². The number of carboxylic acid groups (broad SMARTS) is 1. The SMILES string of the molecule is O=C(O)c1ccc(CC/C=C/c2ccccc2)cc1. The van der Waals surface area contributed by atoms with E-state index >= 15 is 0 Å². The summed E-state index contributed by atoms with van der Waals surface area (Å²) >= 11 is 0. The molecule has 2 aromatic rings. The molecule has 0 aliphatic heterocycles. The van der Waals surface area contributed by atoms with E-state index in [0.717, 1.165) is 18.4 Å². The first kappa shape index (κ1) is 13.1. The van der Waals surface area contributed by atoms with Gasteiger partial charge in [0.1, 0.15) is 0 Å². The third kappa shape index (κ3) is 4.11. The highest BCUT2D eigenvalue weighted by Crippen LogP contribution is 2.08. The third-order valence-corrected chi connectivity index (χ3v) is 2.91. The van der Waals surface area contributed by atoms with Crippen LogP contribution in [0.25, 0.3) is 6.08 Å². The van der Waals surface area contributed by atoms with E-state index in [9.17, 15) is 4.79 Å². The highest BCUT2D eigenvalue weighted by molar-refractivity contribution is 5.87. The molecule has 0 amide bonds. The van der Waals surface area contributed by atoms with Crippen LogP contribution in [0.5, 0.6) is 0 Å². The second-order valence-corrected chi connectivity index (χ2v) is 4.35. The highest BCUT2D eigenvalue weighted by Gasteiger charge is 2.00. The van der Waals surface area contributed by atoms with E-state index in [0.29, 0.717) is 5.56 Å². The number of benzene rings is 2. The minimum Gasteiger partial charge on any atom is -0.478 e. The van der Waals surface area contributed by atoms with Crippen LogP contribution >= 0.6 is 0 Å². The van der Waals surface area contributed by atoms with Crippen molar-refractivity contribution in [3.05, 3.63) is 77.4 Å². The summed E-state index contributed by atoms with van der Waals surface area (Å²) in [6.07, 6.45) is 6.11. The summed E-state index contributed by atoms with van der Waals surface area (Å²) in [5.74, 6) is -0.879. The van der Waals surface area contributed by atoms with Crippen LogP contribution in [0.1, 0.15) is 27.9 Å². The molecule has 0 heterocycles. The van der Waals surface area contributed by atoms with Gasteiger partial charge in [0.15, 0.2) is 0 Å². The Morgan fingerprint density at radius 3 is 2.32 bits per heavy atom. The van der Waals surface area contributed by atoms with E-state index in [-0.39, 0.29) is 0 Å². The second kappa shape index (κ2) is 6.55. The van der Waals surface area contributed by atoms with Crippen molar-refractivity contribution in [1.29, 1.82) is 0 Å². The number of hydrogen-bond donors (Lipinski definition) is 1. The molecule has 0 bridgehead atoms. The summed E-state index contributed by atoms with van der Waals surface area (Å²) in [5.41, 5.74) is 2.69. The van der Waals surface area contributed by atoms with E-state index in [1.807, 2.05) is 30.3 Å². The van der Waals surface area contributed by atoms with E-state index < -0.39 is 5.97 Å². The van der Waals surface area contributed by atoms with Gasteiger partial charge in [0.05, 0.1) is 5.56 Å². The van der Waals surface area contributed by atoms with E-state index in [4.69, 9.17) is 5.11 Å². The average Bonchev–Trinajstić information content (AvgIpc) is 2.45. The topological polar surface area (TPSA) is 37.3 Å². The lowest BCUT2D eigenvalue weighted by atomic mass is 10.1. The molecular weight excluding hydrogens is 236 g/mol. The Balaban J connectivity index is 1.86. The molecule has 2 nitrogen and oxygen atoms in total. The maximum Gasteiger partial charge on any atom is 0.335 e. The molecule has 0 aliphatic carbocycles. The van der Waals surface area contributed by atoms with Crippen molar-refractivity contribution in [2.24, 2.45) is 0 Å². The van der Waals surface area contributed by atoms with Gasteiger partial charge in [-0.1, -0.05) is 54.6 Å². The molecule has 2 rings (SSSR count). The zero-order valence-corrected chi connectivity index (χ0v) is 10.6. The van der Waals surface area contributed by atoms with Gasteiger partial charge in [0.25, 0.3) is 0 Å². The quantitative estimate of drug-likeness (QED) is 0.872. The number of aromatic carboxylic acids is 1. The largest absolute Gasteiger partial charge is 0.478 e. The summed E-state index contributed by atoms with van der Waals surface area (Å²) < 4.78 is 0. The van der Waals surface area contributed by atoms with Crippen molar-refractivity contribution in [2.45, 2.75) is 12.8 Å². The van der Waals surface area contributed by atoms with Crippen LogP contribution in [0, 0.1) is 0 Å². The van der Waals surface area contributed by atoms with Gasteiger partial charge in [-0.15, -0.1) is 0 Å². The van der Waals surface area contributed by atoms with E-state index in [2.05, 4.69) is 24.3 Å². The summed E-state index contributed by atoms with van der Waals surface area (Å²) in [7, 11) is 0. The normalized spacial score (nSPS) is 10.7. The molecule has 19 heavy (non-hydrogen) atoms. The number of allylic oxidation sites excluding steroid dienone is 1. The Kier molecular flexibility index (Phi) is 4.51. The first-order valence-corrected chi connectivity index (χ1v) is 6.29. The lowest BCUT2D eigenvalue weighted by Gasteiger charge is -1.99. The van der Waals surface area contributed by atoms with Gasteiger partial charge in [0, 0.05) is 0 Å². The van der Waals surface area contributed by atoms with Gasteiger partial charge in [0.2, 0.25) is 0 Å². The fraction of sp³-hybridized carbons (Fsp3) is 0.118. The average molecular weight is 252 g/mol. The van der Waals surface area contributed by atoms with Gasteiger partial charge in [-0.2, -0.15) is 0 Å². The molecule has 2 heteroatoms. The zero-order valence-electron chi connectivity index (χ0n) is 10.6. The van der Waals surface area contributed by atoms with Gasteiger partial charge in [-0.3, -0.25) is 0 Å². The molecule has 0 aliphatic rings. The molecule has 0 saturated carbocycles. The monoisotopic (exact) mass is 252 g/mol. The Labute approximate surface area is 113 Å². The van der Waals surface area contributed by atoms with Crippen molar-refractivity contribution >= 4 is 12.0 Å². The van der Waals surface area contributed by atoms with Crippen LogP contribution in [0.2, 0.25) is 0 Å². The first-order valence-electron chi connectivity index (χ1n) is 6.29. The van der Waals surface area contributed by atoms with Gasteiger partial charge >= 0.3 is 5.97 Å². The lowest BCUT2D eigenvalue weighted by molar-refractivity contribution is 0.0697. The summed E-state index contributed by atoms with van der Waals surface area (Å²) in [6, 6.07) is 17.2. The molecular formula is C17H16O2. The minimum atomic E-state index is -0.879. The van der Waals surface area contributed by atoms with Crippen LogP contribution in [-0.2, 0) is 6.42 Å². The van der Waals surface area contributed by atoms with Crippen molar-refractivity contribution in [3.8, 4) is 0 Å². The van der Waals surface area contributed by atoms with Crippen LogP contribution in [-0.4, -0.2) is 11.1 Å². The second-order valence-electron chi connectivity index (χ2n) is 4.35.